The van der Waals surface area contributed by atoms with E-state index in [-0.39, 0.29) is 30.1 Å². The van der Waals surface area contributed by atoms with Crippen LogP contribution >= 0.6 is 0 Å². The molecule has 3 atom stereocenters. The third-order valence-corrected chi connectivity index (χ3v) is 8.01. The first-order chi connectivity index (χ1) is 16.6. The van der Waals surface area contributed by atoms with Crippen molar-refractivity contribution in [2.75, 3.05) is 47.4 Å². The maximum Gasteiger partial charge on any atom is 0.247 e. The molecule has 0 spiro atoms. The number of nitrogens with zero attached hydrogens (tertiary/aromatic N) is 4. The number of rotatable bonds is 7. The highest BCUT2D eigenvalue weighted by molar-refractivity contribution is 7.89. The first kappa shape index (κ1) is 27.1. The molecule has 1 N–H and O–H groups in total. The van der Waals surface area contributed by atoms with Gasteiger partial charge in [0.15, 0.2) is 0 Å². The van der Waals surface area contributed by atoms with Crippen molar-refractivity contribution in [2.24, 2.45) is 5.92 Å². The molecular formula is C26H36N4O4S. The molecule has 2 heterocycles. The van der Waals surface area contributed by atoms with Gasteiger partial charge in [0, 0.05) is 49.6 Å². The first-order valence-corrected chi connectivity index (χ1v) is 13.2. The SMILES string of the molecule is C[C@@H]1CN([C@H](C)CO)S(=O)(=O)c2ccc(C#CCN(C)C)cc2O[C@H]1CN(C)Cc1ccncc1. The Morgan fingerprint density at radius 1 is 1.23 bits per heavy atom. The zero-order valence-electron chi connectivity index (χ0n) is 21.2. The normalized spacial score (nSPS) is 20.8. The molecule has 0 bridgehead atoms. The lowest BCUT2D eigenvalue weighted by atomic mass is 10.0. The largest absolute Gasteiger partial charge is 0.487 e. The van der Waals surface area contributed by atoms with E-state index >= 15 is 0 Å². The van der Waals surface area contributed by atoms with E-state index in [1.165, 1.54) is 4.31 Å². The molecule has 1 aromatic carbocycles. The Morgan fingerprint density at radius 3 is 2.60 bits per heavy atom. The van der Waals surface area contributed by atoms with E-state index in [0.717, 1.165) is 5.56 Å². The Bertz CT molecular complexity index is 1140. The van der Waals surface area contributed by atoms with E-state index in [9.17, 15) is 13.5 Å². The second kappa shape index (κ2) is 12.0. The van der Waals surface area contributed by atoms with Crippen LogP contribution in [-0.2, 0) is 16.6 Å². The summed E-state index contributed by atoms with van der Waals surface area (Å²) >= 11 is 0. The fraction of sp³-hybridized carbons (Fsp3) is 0.500. The van der Waals surface area contributed by atoms with Crippen LogP contribution in [0.4, 0.5) is 0 Å². The Morgan fingerprint density at radius 2 is 1.94 bits per heavy atom. The topological polar surface area (TPSA) is 86.2 Å². The number of sulfonamides is 1. The second-order valence-corrected chi connectivity index (χ2v) is 11.4. The summed E-state index contributed by atoms with van der Waals surface area (Å²) in [4.78, 5) is 8.30. The molecule has 1 aliphatic rings. The molecule has 0 aliphatic carbocycles. The van der Waals surface area contributed by atoms with Gasteiger partial charge >= 0.3 is 0 Å². The number of aliphatic hydroxyl groups is 1. The predicted octanol–water partition coefficient (Wildman–Crippen LogP) is 1.90. The summed E-state index contributed by atoms with van der Waals surface area (Å²) in [6, 6.07) is 8.39. The summed E-state index contributed by atoms with van der Waals surface area (Å²) in [7, 11) is 2.03. The number of likely N-dealkylation sites (N-methyl/N-ethyl adjacent to an activating group) is 1. The van der Waals surface area contributed by atoms with Crippen molar-refractivity contribution in [1.29, 1.82) is 0 Å². The van der Waals surface area contributed by atoms with Gasteiger partial charge in [0.2, 0.25) is 10.0 Å². The quantitative estimate of drug-likeness (QED) is 0.581. The minimum Gasteiger partial charge on any atom is -0.487 e. The van der Waals surface area contributed by atoms with Crippen molar-refractivity contribution in [3.8, 4) is 17.6 Å². The van der Waals surface area contributed by atoms with E-state index in [1.807, 2.05) is 45.1 Å². The second-order valence-electron chi connectivity index (χ2n) is 9.49. The van der Waals surface area contributed by atoms with Crippen LogP contribution in [0.15, 0.2) is 47.6 Å². The molecule has 0 saturated carbocycles. The molecule has 2 aromatic rings. The third-order valence-electron chi connectivity index (χ3n) is 5.99. The first-order valence-electron chi connectivity index (χ1n) is 11.8. The Kier molecular flexibility index (Phi) is 9.27. The van der Waals surface area contributed by atoms with Crippen molar-refractivity contribution in [1.82, 2.24) is 19.1 Å². The van der Waals surface area contributed by atoms with Gasteiger partial charge in [-0.1, -0.05) is 18.8 Å². The summed E-state index contributed by atoms with van der Waals surface area (Å²) in [5, 5.41) is 9.80. The van der Waals surface area contributed by atoms with Gasteiger partial charge in [0.1, 0.15) is 16.7 Å². The summed E-state index contributed by atoms with van der Waals surface area (Å²) in [6.45, 7) is 5.61. The molecule has 8 nitrogen and oxygen atoms in total. The average molecular weight is 501 g/mol. The zero-order chi connectivity index (χ0) is 25.6. The van der Waals surface area contributed by atoms with Gasteiger partial charge in [-0.2, -0.15) is 4.31 Å². The lowest BCUT2D eigenvalue weighted by Crippen LogP contribution is -2.49. The van der Waals surface area contributed by atoms with Gasteiger partial charge < -0.3 is 9.84 Å². The van der Waals surface area contributed by atoms with Gasteiger partial charge in [-0.15, -0.1) is 0 Å². The molecule has 0 radical (unpaired) electrons. The Balaban J connectivity index is 1.97. The molecule has 1 aromatic heterocycles. The van der Waals surface area contributed by atoms with Gasteiger partial charge in [0.25, 0.3) is 0 Å². The van der Waals surface area contributed by atoms with Crippen molar-refractivity contribution >= 4 is 10.0 Å². The molecule has 0 unspecified atom stereocenters. The fourth-order valence-electron chi connectivity index (χ4n) is 3.99. The maximum absolute atomic E-state index is 13.6. The zero-order valence-corrected chi connectivity index (χ0v) is 22.0. The highest BCUT2D eigenvalue weighted by Crippen LogP contribution is 2.34. The minimum absolute atomic E-state index is 0.102. The van der Waals surface area contributed by atoms with Gasteiger partial charge in [-0.05, 0) is 64.0 Å². The van der Waals surface area contributed by atoms with Crippen molar-refractivity contribution in [2.45, 2.75) is 37.4 Å². The monoisotopic (exact) mass is 500 g/mol. The molecule has 3 rings (SSSR count). The molecule has 9 heteroatoms. The van der Waals surface area contributed by atoms with E-state index < -0.39 is 16.1 Å². The summed E-state index contributed by atoms with van der Waals surface area (Å²) in [6.07, 6.45) is 3.27. The van der Waals surface area contributed by atoms with E-state index in [1.54, 1.807) is 37.5 Å². The molecular weight excluding hydrogens is 464 g/mol. The highest BCUT2D eigenvalue weighted by Gasteiger charge is 2.38. The summed E-state index contributed by atoms with van der Waals surface area (Å²) < 4.78 is 35.0. The Hall–Kier alpha value is -2.48. The summed E-state index contributed by atoms with van der Waals surface area (Å²) in [5.41, 5.74) is 1.83. The van der Waals surface area contributed by atoms with Crippen LogP contribution in [0, 0.1) is 17.8 Å². The van der Waals surface area contributed by atoms with Crippen LogP contribution in [0.25, 0.3) is 0 Å². The minimum atomic E-state index is -3.87. The number of pyridine rings is 1. The highest BCUT2D eigenvalue weighted by atomic mass is 32.2. The summed E-state index contributed by atoms with van der Waals surface area (Å²) in [5.74, 6) is 6.37. The number of fused-ring (bicyclic) bond motifs is 1. The molecule has 1 aliphatic heterocycles. The predicted molar refractivity (Wildman–Crippen MR) is 136 cm³/mol. The van der Waals surface area contributed by atoms with Crippen molar-refractivity contribution < 1.29 is 18.3 Å². The lowest BCUT2D eigenvalue weighted by Gasteiger charge is -2.37. The van der Waals surface area contributed by atoms with E-state index in [0.29, 0.717) is 30.9 Å². The average Bonchev–Trinajstić information content (AvgIpc) is 2.81. The number of ether oxygens (including phenoxy) is 1. The van der Waals surface area contributed by atoms with Crippen molar-refractivity contribution in [3.63, 3.8) is 0 Å². The van der Waals surface area contributed by atoms with Crippen LogP contribution in [0.1, 0.15) is 25.0 Å². The van der Waals surface area contributed by atoms with Crippen LogP contribution in [0.2, 0.25) is 0 Å². The van der Waals surface area contributed by atoms with Gasteiger partial charge in [-0.3, -0.25) is 14.8 Å². The van der Waals surface area contributed by atoms with Crippen LogP contribution in [0.5, 0.6) is 5.75 Å². The Labute approximate surface area is 209 Å². The van der Waals surface area contributed by atoms with E-state index in [2.05, 4.69) is 21.7 Å². The van der Waals surface area contributed by atoms with Crippen molar-refractivity contribution in [3.05, 3.63) is 53.9 Å². The lowest BCUT2D eigenvalue weighted by molar-refractivity contribution is 0.0733. The number of aromatic nitrogens is 1. The fourth-order valence-corrected chi connectivity index (χ4v) is 5.82. The number of benzene rings is 1. The standard InChI is InChI=1S/C26H36N4O4S/c1-20-16-30(21(2)19-31)35(32,33)26-9-8-22(7-6-14-28(3)4)15-24(26)34-25(20)18-29(5)17-23-10-12-27-13-11-23/h8-13,15,20-21,25,31H,14,16-19H2,1-5H3/t20-,21-,25+/m1/s1. The third kappa shape index (κ3) is 7.03. The van der Waals surface area contributed by atoms with Gasteiger partial charge in [0.05, 0.1) is 13.2 Å². The van der Waals surface area contributed by atoms with Crippen LogP contribution in [0.3, 0.4) is 0 Å². The molecule has 0 amide bonds. The maximum atomic E-state index is 13.6. The molecule has 35 heavy (non-hydrogen) atoms. The number of aliphatic hydroxyl groups excluding tert-OH is 1. The molecule has 0 fully saturated rings. The number of hydrogen-bond donors (Lipinski definition) is 1. The van der Waals surface area contributed by atoms with Gasteiger partial charge in [-0.25, -0.2) is 8.42 Å². The molecule has 190 valence electrons. The molecule has 0 saturated heterocycles. The smallest absolute Gasteiger partial charge is 0.247 e. The number of hydrogen-bond acceptors (Lipinski definition) is 7. The van der Waals surface area contributed by atoms with Crippen LogP contribution in [-0.4, -0.2) is 92.1 Å². The van der Waals surface area contributed by atoms with E-state index in [4.69, 9.17) is 4.74 Å². The van der Waals surface area contributed by atoms with Crippen LogP contribution < -0.4 is 4.74 Å².